The minimum absolute atomic E-state index is 0. The number of halogens is 1. The lowest BCUT2D eigenvalue weighted by Gasteiger charge is -2.40. The molecule has 6 heteroatoms. The highest BCUT2D eigenvalue weighted by Gasteiger charge is 2.35. The molecular weight excluding hydrogens is 391 g/mol. The van der Waals surface area contributed by atoms with Crippen molar-refractivity contribution >= 4 is 29.9 Å². The second-order valence-electron chi connectivity index (χ2n) is 6.54. The molecule has 0 unspecified atom stereocenters. The smallest absolute Gasteiger partial charge is 0.188 e. The zero-order valence-corrected chi connectivity index (χ0v) is 16.3. The Kier molecular flexibility index (Phi) is 9.66. The van der Waals surface area contributed by atoms with Gasteiger partial charge in [0.2, 0.25) is 0 Å². The summed E-state index contributed by atoms with van der Waals surface area (Å²) in [5, 5.41) is 3.25. The third-order valence-corrected chi connectivity index (χ3v) is 4.84. The van der Waals surface area contributed by atoms with Crippen molar-refractivity contribution in [2.45, 2.75) is 45.4 Å². The summed E-state index contributed by atoms with van der Waals surface area (Å²) in [7, 11) is 0. The van der Waals surface area contributed by atoms with E-state index in [4.69, 9.17) is 10.5 Å². The number of nitrogens with two attached hydrogens (primary N) is 1. The Hall–Kier alpha value is -0.0800. The van der Waals surface area contributed by atoms with E-state index in [9.17, 15) is 0 Å². The minimum Gasteiger partial charge on any atom is -0.379 e. The van der Waals surface area contributed by atoms with Crippen LogP contribution in [0.2, 0.25) is 0 Å². The lowest BCUT2D eigenvalue weighted by molar-refractivity contribution is 0.0376. The summed E-state index contributed by atoms with van der Waals surface area (Å²) in [6.07, 6.45) is 7.67. The number of nitrogens with one attached hydrogen (secondary N) is 1. The highest BCUT2D eigenvalue weighted by molar-refractivity contribution is 14.0. The molecule has 1 heterocycles. The van der Waals surface area contributed by atoms with Crippen molar-refractivity contribution in [3.63, 3.8) is 0 Å². The Bertz CT molecular complexity index is 328. The van der Waals surface area contributed by atoms with Gasteiger partial charge in [-0.25, -0.2) is 0 Å². The van der Waals surface area contributed by atoms with Crippen LogP contribution < -0.4 is 11.1 Å². The van der Waals surface area contributed by atoms with Gasteiger partial charge in [-0.15, -0.1) is 24.0 Å². The summed E-state index contributed by atoms with van der Waals surface area (Å²) in [6, 6.07) is 0. The van der Waals surface area contributed by atoms with Crippen LogP contribution in [-0.2, 0) is 4.74 Å². The quantitative estimate of drug-likeness (QED) is 0.272. The molecule has 0 aromatic carbocycles. The predicted octanol–water partition coefficient (Wildman–Crippen LogP) is 2.20. The van der Waals surface area contributed by atoms with E-state index >= 15 is 0 Å². The van der Waals surface area contributed by atoms with Gasteiger partial charge in [-0.2, -0.15) is 0 Å². The fraction of sp³-hybridized carbons (Fsp3) is 0.938. The molecule has 0 spiro atoms. The molecule has 1 saturated heterocycles. The Morgan fingerprint density at radius 2 is 2.05 bits per heavy atom. The normalized spacial score (nSPS) is 21.8. The predicted molar refractivity (Wildman–Crippen MR) is 103 cm³/mol. The molecule has 0 aromatic rings. The molecule has 0 amide bonds. The molecule has 3 N–H and O–H groups in total. The van der Waals surface area contributed by atoms with E-state index in [1.807, 2.05) is 0 Å². The first-order valence-electron chi connectivity index (χ1n) is 8.58. The average molecular weight is 424 g/mol. The first-order chi connectivity index (χ1) is 10.2. The first kappa shape index (κ1) is 20.0. The topological polar surface area (TPSA) is 62.9 Å². The summed E-state index contributed by atoms with van der Waals surface area (Å²) < 4.78 is 5.35. The third-order valence-electron chi connectivity index (χ3n) is 4.84. The van der Waals surface area contributed by atoms with Crippen LogP contribution in [0.3, 0.4) is 0 Å². The highest BCUT2D eigenvalue weighted by atomic mass is 127. The number of hydrogen-bond donors (Lipinski definition) is 2. The molecule has 5 nitrogen and oxygen atoms in total. The maximum Gasteiger partial charge on any atom is 0.188 e. The molecule has 2 fully saturated rings. The average Bonchev–Trinajstić information content (AvgIpc) is 2.47. The Balaban J connectivity index is 0.00000242. The van der Waals surface area contributed by atoms with E-state index in [0.717, 1.165) is 52.4 Å². The van der Waals surface area contributed by atoms with E-state index < -0.39 is 0 Å². The molecule has 2 aliphatic rings. The zero-order valence-electron chi connectivity index (χ0n) is 14.0. The Labute approximate surface area is 152 Å². The third kappa shape index (κ3) is 6.58. The summed E-state index contributed by atoms with van der Waals surface area (Å²) >= 11 is 0. The molecule has 1 aliphatic carbocycles. The standard InChI is InChI=1S/C16H32N4O.HI/c1-2-5-16(6-3-7-16)14-19-15(17)18-8-4-9-20-10-12-21-13-11-20;/h2-14H2,1H3,(H3,17,18,19);1H. The highest BCUT2D eigenvalue weighted by Crippen LogP contribution is 2.44. The summed E-state index contributed by atoms with van der Waals surface area (Å²) in [5.41, 5.74) is 6.45. The molecular formula is C16H33IN4O. The van der Waals surface area contributed by atoms with Crippen LogP contribution in [-0.4, -0.2) is 56.8 Å². The lowest BCUT2D eigenvalue weighted by atomic mass is 9.66. The van der Waals surface area contributed by atoms with Crippen molar-refractivity contribution in [3.05, 3.63) is 0 Å². The van der Waals surface area contributed by atoms with Gasteiger partial charge in [-0.3, -0.25) is 9.89 Å². The van der Waals surface area contributed by atoms with Gasteiger partial charge in [-0.05, 0) is 37.6 Å². The molecule has 0 atom stereocenters. The second-order valence-corrected chi connectivity index (χ2v) is 6.54. The zero-order chi connectivity index (χ0) is 15.0. The van der Waals surface area contributed by atoms with Crippen molar-refractivity contribution in [1.82, 2.24) is 10.2 Å². The number of ether oxygens (including phenoxy) is 1. The fourth-order valence-electron chi connectivity index (χ4n) is 3.35. The van der Waals surface area contributed by atoms with Gasteiger partial charge >= 0.3 is 0 Å². The fourth-order valence-corrected chi connectivity index (χ4v) is 3.35. The second kappa shape index (κ2) is 10.6. The van der Waals surface area contributed by atoms with Crippen LogP contribution in [0.4, 0.5) is 0 Å². The first-order valence-corrected chi connectivity index (χ1v) is 8.58. The Morgan fingerprint density at radius 1 is 1.32 bits per heavy atom. The van der Waals surface area contributed by atoms with Gasteiger partial charge in [0.1, 0.15) is 0 Å². The largest absolute Gasteiger partial charge is 0.379 e. The number of hydrogen-bond acceptors (Lipinski definition) is 3. The molecule has 0 radical (unpaired) electrons. The van der Waals surface area contributed by atoms with Crippen LogP contribution >= 0.6 is 24.0 Å². The molecule has 1 aliphatic heterocycles. The summed E-state index contributed by atoms with van der Waals surface area (Å²) in [5.74, 6) is 0.624. The molecule has 0 aromatic heterocycles. The molecule has 2 rings (SSSR count). The van der Waals surface area contributed by atoms with Gasteiger partial charge < -0.3 is 15.8 Å². The van der Waals surface area contributed by atoms with Crippen molar-refractivity contribution < 1.29 is 4.74 Å². The van der Waals surface area contributed by atoms with Gasteiger partial charge in [0, 0.05) is 26.2 Å². The van der Waals surface area contributed by atoms with Crippen LogP contribution in [0.25, 0.3) is 0 Å². The molecule has 1 saturated carbocycles. The molecule has 130 valence electrons. The summed E-state index contributed by atoms with van der Waals surface area (Å²) in [4.78, 5) is 7.02. The van der Waals surface area contributed by atoms with Gasteiger partial charge in [0.05, 0.1) is 13.2 Å². The van der Waals surface area contributed by atoms with E-state index in [1.54, 1.807) is 0 Å². The number of nitrogens with zero attached hydrogens (tertiary/aromatic N) is 2. The maximum absolute atomic E-state index is 5.98. The number of morpholine rings is 1. The Morgan fingerprint density at radius 3 is 2.64 bits per heavy atom. The van der Waals surface area contributed by atoms with E-state index in [2.05, 4.69) is 22.1 Å². The number of rotatable bonds is 8. The molecule has 22 heavy (non-hydrogen) atoms. The van der Waals surface area contributed by atoms with E-state index in [1.165, 1.54) is 32.1 Å². The van der Waals surface area contributed by atoms with Gasteiger partial charge in [-0.1, -0.05) is 19.8 Å². The van der Waals surface area contributed by atoms with Crippen LogP contribution in [0, 0.1) is 5.41 Å². The molecule has 0 bridgehead atoms. The van der Waals surface area contributed by atoms with Crippen molar-refractivity contribution in [1.29, 1.82) is 0 Å². The van der Waals surface area contributed by atoms with E-state index in [0.29, 0.717) is 11.4 Å². The summed E-state index contributed by atoms with van der Waals surface area (Å²) in [6.45, 7) is 9.05. The van der Waals surface area contributed by atoms with Crippen molar-refractivity contribution in [2.24, 2.45) is 16.1 Å². The van der Waals surface area contributed by atoms with Crippen molar-refractivity contribution in [2.75, 3.05) is 45.9 Å². The number of guanidine groups is 1. The van der Waals surface area contributed by atoms with Gasteiger partial charge in [0.25, 0.3) is 0 Å². The van der Waals surface area contributed by atoms with Crippen LogP contribution in [0.5, 0.6) is 0 Å². The maximum atomic E-state index is 5.98. The van der Waals surface area contributed by atoms with Crippen LogP contribution in [0.1, 0.15) is 45.4 Å². The van der Waals surface area contributed by atoms with Crippen molar-refractivity contribution in [3.8, 4) is 0 Å². The van der Waals surface area contributed by atoms with Crippen LogP contribution in [0.15, 0.2) is 4.99 Å². The lowest BCUT2D eigenvalue weighted by Crippen LogP contribution is -2.40. The van der Waals surface area contributed by atoms with E-state index in [-0.39, 0.29) is 24.0 Å². The van der Waals surface area contributed by atoms with Gasteiger partial charge in [0.15, 0.2) is 5.96 Å². The monoisotopic (exact) mass is 424 g/mol. The number of aliphatic imine (C=N–C) groups is 1. The SMILES string of the molecule is CCCC1(CN=C(N)NCCCN2CCOCC2)CCC1.I. The minimum atomic E-state index is 0.